The van der Waals surface area contributed by atoms with Crippen LogP contribution in [-0.4, -0.2) is 11.1 Å². The highest BCUT2D eigenvalue weighted by Gasteiger charge is 2.38. The molecular weight excluding hydrogens is 152 g/mol. The fraction of sp³-hybridized carbons (Fsp3) is 0.700. The molecule has 2 bridgehead atoms. The Kier molecular flexibility index (Phi) is 1.53. The molecule has 0 aliphatic heterocycles. The third kappa shape index (κ3) is 1.06. The van der Waals surface area contributed by atoms with Crippen LogP contribution in [0.4, 0.5) is 0 Å². The first-order valence-corrected chi connectivity index (χ1v) is 4.57. The van der Waals surface area contributed by atoms with Crippen molar-refractivity contribution in [2.75, 3.05) is 0 Å². The second kappa shape index (κ2) is 2.35. The van der Waals surface area contributed by atoms with Gasteiger partial charge in [0.1, 0.15) is 0 Å². The number of rotatable bonds is 1. The number of hydrogen-bond acceptors (Lipinski definition) is 1. The molecule has 0 aromatic carbocycles. The van der Waals surface area contributed by atoms with E-state index in [2.05, 4.69) is 6.92 Å². The van der Waals surface area contributed by atoms with Crippen molar-refractivity contribution in [3.05, 3.63) is 11.6 Å². The zero-order chi connectivity index (χ0) is 8.77. The van der Waals surface area contributed by atoms with Crippen LogP contribution in [0.15, 0.2) is 11.6 Å². The van der Waals surface area contributed by atoms with E-state index in [0.717, 1.165) is 12.8 Å². The second-order valence-corrected chi connectivity index (χ2v) is 4.33. The Morgan fingerprint density at radius 2 is 2.17 bits per heavy atom. The van der Waals surface area contributed by atoms with Gasteiger partial charge in [-0.05, 0) is 37.0 Å². The summed E-state index contributed by atoms with van der Waals surface area (Å²) >= 11 is 0. The van der Waals surface area contributed by atoms with Gasteiger partial charge < -0.3 is 5.11 Å². The minimum absolute atomic E-state index is 0.197. The topological polar surface area (TPSA) is 37.3 Å². The average Bonchev–Trinajstić information content (AvgIpc) is 2.04. The maximum absolute atomic E-state index is 10.8. The number of aliphatic carboxylic acids is 1. The predicted molar refractivity (Wildman–Crippen MR) is 45.8 cm³/mol. The van der Waals surface area contributed by atoms with Crippen molar-refractivity contribution in [1.29, 1.82) is 0 Å². The number of fused-ring (bicyclic) bond motifs is 2. The van der Waals surface area contributed by atoms with E-state index in [1.165, 1.54) is 12.8 Å². The Hall–Kier alpha value is -0.790. The molecule has 0 spiro atoms. The van der Waals surface area contributed by atoms with Crippen molar-refractivity contribution >= 4 is 5.97 Å². The molecule has 12 heavy (non-hydrogen) atoms. The highest BCUT2D eigenvalue weighted by molar-refractivity contribution is 5.87. The highest BCUT2D eigenvalue weighted by Crippen LogP contribution is 2.48. The SMILES string of the molecule is CC12C=C(C(=O)O)C(CC1)CC2. The minimum atomic E-state index is -0.703. The lowest BCUT2D eigenvalue weighted by molar-refractivity contribution is -0.133. The van der Waals surface area contributed by atoms with Gasteiger partial charge in [-0.25, -0.2) is 4.79 Å². The fourth-order valence-corrected chi connectivity index (χ4v) is 2.46. The summed E-state index contributed by atoms with van der Waals surface area (Å²) in [6, 6.07) is 0. The van der Waals surface area contributed by atoms with Crippen LogP contribution in [0.5, 0.6) is 0 Å². The molecule has 3 rings (SSSR count). The van der Waals surface area contributed by atoms with Crippen LogP contribution in [0.2, 0.25) is 0 Å². The molecule has 0 heterocycles. The zero-order valence-electron chi connectivity index (χ0n) is 7.34. The van der Waals surface area contributed by atoms with Gasteiger partial charge in [0, 0.05) is 5.57 Å². The van der Waals surface area contributed by atoms with E-state index in [0.29, 0.717) is 11.5 Å². The van der Waals surface area contributed by atoms with Gasteiger partial charge in [0.15, 0.2) is 0 Å². The van der Waals surface area contributed by atoms with Crippen LogP contribution in [0, 0.1) is 11.3 Å². The Labute approximate surface area is 72.3 Å². The molecule has 0 aromatic heterocycles. The van der Waals surface area contributed by atoms with E-state index in [-0.39, 0.29) is 5.41 Å². The standard InChI is InChI=1S/C10H14O2/c1-10-4-2-7(3-5-10)8(6-10)9(11)12/h6-7H,2-5H2,1H3,(H,11,12). The molecule has 2 nitrogen and oxygen atoms in total. The molecule has 0 aromatic rings. The molecule has 0 unspecified atom stereocenters. The minimum Gasteiger partial charge on any atom is -0.478 e. The summed E-state index contributed by atoms with van der Waals surface area (Å²) in [6.45, 7) is 2.17. The summed E-state index contributed by atoms with van der Waals surface area (Å²) < 4.78 is 0. The van der Waals surface area contributed by atoms with Crippen LogP contribution in [-0.2, 0) is 4.79 Å². The second-order valence-electron chi connectivity index (χ2n) is 4.33. The van der Waals surface area contributed by atoms with Crippen LogP contribution >= 0.6 is 0 Å². The van der Waals surface area contributed by atoms with Gasteiger partial charge in [0.05, 0.1) is 0 Å². The monoisotopic (exact) mass is 166 g/mol. The van der Waals surface area contributed by atoms with E-state index in [1.54, 1.807) is 0 Å². The fourth-order valence-electron chi connectivity index (χ4n) is 2.46. The lowest BCUT2D eigenvalue weighted by atomic mass is 9.63. The van der Waals surface area contributed by atoms with E-state index in [1.807, 2.05) is 6.08 Å². The van der Waals surface area contributed by atoms with E-state index in [4.69, 9.17) is 5.11 Å². The number of carbonyl (C=O) groups is 1. The molecule has 1 saturated carbocycles. The molecule has 1 fully saturated rings. The molecule has 0 radical (unpaired) electrons. The van der Waals surface area contributed by atoms with Crippen LogP contribution < -0.4 is 0 Å². The van der Waals surface area contributed by atoms with Gasteiger partial charge in [-0.15, -0.1) is 0 Å². The lowest BCUT2D eigenvalue weighted by Gasteiger charge is -2.41. The zero-order valence-corrected chi connectivity index (χ0v) is 7.34. The maximum atomic E-state index is 10.8. The Morgan fingerprint density at radius 3 is 2.50 bits per heavy atom. The molecule has 0 amide bonds. The summed E-state index contributed by atoms with van der Waals surface area (Å²) in [5, 5.41) is 8.91. The van der Waals surface area contributed by atoms with Crippen LogP contribution in [0.25, 0.3) is 0 Å². The molecule has 2 heteroatoms. The third-order valence-electron chi connectivity index (χ3n) is 3.32. The Morgan fingerprint density at radius 1 is 1.58 bits per heavy atom. The lowest BCUT2D eigenvalue weighted by Crippen LogP contribution is -2.32. The number of hydrogen-bond donors (Lipinski definition) is 1. The van der Waals surface area contributed by atoms with Gasteiger partial charge in [0.25, 0.3) is 0 Å². The van der Waals surface area contributed by atoms with Gasteiger partial charge >= 0.3 is 5.97 Å². The molecule has 66 valence electrons. The van der Waals surface area contributed by atoms with Crippen LogP contribution in [0.3, 0.4) is 0 Å². The first-order valence-electron chi connectivity index (χ1n) is 4.57. The van der Waals surface area contributed by atoms with E-state index >= 15 is 0 Å². The van der Waals surface area contributed by atoms with Gasteiger partial charge in [-0.1, -0.05) is 13.0 Å². The number of allylic oxidation sites excluding steroid dienone is 1. The molecule has 0 atom stereocenters. The van der Waals surface area contributed by atoms with Crippen molar-refractivity contribution in [3.63, 3.8) is 0 Å². The van der Waals surface area contributed by atoms with Crippen molar-refractivity contribution in [1.82, 2.24) is 0 Å². The normalized spacial score (nSPS) is 39.4. The quantitative estimate of drug-likeness (QED) is 0.648. The summed E-state index contributed by atoms with van der Waals surface area (Å²) in [4.78, 5) is 10.8. The maximum Gasteiger partial charge on any atom is 0.331 e. The molecular formula is C10H14O2. The number of carboxylic acids is 1. The predicted octanol–water partition coefficient (Wildman–Crippen LogP) is 2.21. The Balaban J connectivity index is 2.35. The average molecular weight is 166 g/mol. The molecule has 0 saturated heterocycles. The molecule has 3 aliphatic carbocycles. The van der Waals surface area contributed by atoms with Crippen molar-refractivity contribution in [2.45, 2.75) is 32.6 Å². The molecule has 3 aliphatic rings. The first kappa shape index (κ1) is 7.84. The van der Waals surface area contributed by atoms with E-state index in [9.17, 15) is 4.79 Å². The van der Waals surface area contributed by atoms with Crippen LogP contribution in [0.1, 0.15) is 32.6 Å². The first-order chi connectivity index (χ1) is 5.61. The van der Waals surface area contributed by atoms with Gasteiger partial charge in [0.2, 0.25) is 0 Å². The number of carboxylic acid groups (broad SMARTS) is 1. The van der Waals surface area contributed by atoms with Crippen molar-refractivity contribution < 1.29 is 9.90 Å². The largest absolute Gasteiger partial charge is 0.478 e. The van der Waals surface area contributed by atoms with Crippen molar-refractivity contribution in [3.8, 4) is 0 Å². The van der Waals surface area contributed by atoms with Crippen molar-refractivity contribution in [2.24, 2.45) is 11.3 Å². The van der Waals surface area contributed by atoms with Gasteiger partial charge in [-0.3, -0.25) is 0 Å². The summed E-state index contributed by atoms with van der Waals surface area (Å²) in [5.74, 6) is -0.352. The third-order valence-corrected chi connectivity index (χ3v) is 3.32. The summed E-state index contributed by atoms with van der Waals surface area (Å²) in [5.41, 5.74) is 0.873. The smallest absolute Gasteiger partial charge is 0.331 e. The summed E-state index contributed by atoms with van der Waals surface area (Å²) in [7, 11) is 0. The molecule has 1 N–H and O–H groups in total. The van der Waals surface area contributed by atoms with E-state index < -0.39 is 5.97 Å². The highest BCUT2D eigenvalue weighted by atomic mass is 16.4. The Bertz CT molecular complexity index is 245. The van der Waals surface area contributed by atoms with Gasteiger partial charge in [-0.2, -0.15) is 0 Å². The summed E-state index contributed by atoms with van der Waals surface area (Å²) in [6.07, 6.45) is 6.50.